The minimum absolute atomic E-state index is 0.122. The first-order valence-corrected chi connectivity index (χ1v) is 8.54. The predicted octanol–water partition coefficient (Wildman–Crippen LogP) is 2.61. The van der Waals surface area contributed by atoms with E-state index in [-0.39, 0.29) is 6.54 Å². The number of carbonyl (C=O) groups excluding carboxylic acids is 1. The first kappa shape index (κ1) is 18.3. The van der Waals surface area contributed by atoms with Gasteiger partial charge in [-0.25, -0.2) is 9.97 Å². The van der Waals surface area contributed by atoms with Crippen LogP contribution < -0.4 is 10.6 Å². The summed E-state index contributed by atoms with van der Waals surface area (Å²) in [5.74, 6) is -1.23. The molecule has 1 heterocycles. The maximum Gasteiger partial charge on any atom is 0.325 e. The van der Waals surface area contributed by atoms with Crippen molar-refractivity contribution in [1.82, 2.24) is 15.3 Å². The summed E-state index contributed by atoms with van der Waals surface area (Å²) in [7, 11) is 0. The number of aromatic nitrogens is 2. The molecule has 0 aliphatic rings. The lowest BCUT2D eigenvalue weighted by Gasteiger charge is -2.12. The molecule has 0 radical (unpaired) electrons. The Morgan fingerprint density at radius 1 is 1.11 bits per heavy atom. The number of nitrogens with one attached hydrogen (secondary N) is 2. The van der Waals surface area contributed by atoms with Crippen LogP contribution in [0.1, 0.15) is 12.5 Å². The number of fused-ring (bicyclic) bond motifs is 1. The summed E-state index contributed by atoms with van der Waals surface area (Å²) < 4.78 is 0. The molecule has 1 atom stereocenters. The number of aryl methyl sites for hydroxylation is 1. The van der Waals surface area contributed by atoms with Crippen molar-refractivity contribution in [2.24, 2.45) is 0 Å². The van der Waals surface area contributed by atoms with Gasteiger partial charge in [0.1, 0.15) is 6.04 Å². The summed E-state index contributed by atoms with van der Waals surface area (Å²) in [5.41, 5.74) is 3.58. The van der Waals surface area contributed by atoms with Crippen LogP contribution >= 0.6 is 0 Å². The van der Waals surface area contributed by atoms with Gasteiger partial charge in [0, 0.05) is 10.9 Å². The average molecular weight is 364 g/mol. The maximum absolute atomic E-state index is 11.9. The van der Waals surface area contributed by atoms with Crippen LogP contribution in [0.2, 0.25) is 0 Å². The second-order valence-corrected chi connectivity index (χ2v) is 6.26. The average Bonchev–Trinajstić information content (AvgIpc) is 2.66. The SMILES string of the molecule is Cc1ccc2nc(NCC(=O)NC(C)C(=O)O)nc(-c3ccccc3)c2c1. The molecular formula is C20H20N4O3. The normalized spacial score (nSPS) is 11.8. The number of hydrogen-bond donors (Lipinski definition) is 3. The van der Waals surface area contributed by atoms with Crippen LogP contribution in [-0.2, 0) is 9.59 Å². The van der Waals surface area contributed by atoms with Crippen LogP contribution in [0, 0.1) is 6.92 Å². The van der Waals surface area contributed by atoms with Gasteiger partial charge >= 0.3 is 5.97 Å². The summed E-state index contributed by atoms with van der Waals surface area (Å²) in [4.78, 5) is 31.8. The van der Waals surface area contributed by atoms with Crippen LogP contribution in [-0.4, -0.2) is 39.5 Å². The zero-order chi connectivity index (χ0) is 19.4. The van der Waals surface area contributed by atoms with Gasteiger partial charge in [-0.2, -0.15) is 0 Å². The van der Waals surface area contributed by atoms with E-state index in [1.807, 2.05) is 55.5 Å². The number of anilines is 1. The fraction of sp³-hybridized carbons (Fsp3) is 0.200. The van der Waals surface area contributed by atoms with Crippen LogP contribution in [0.5, 0.6) is 0 Å². The van der Waals surface area contributed by atoms with Crippen molar-refractivity contribution in [1.29, 1.82) is 0 Å². The molecule has 3 N–H and O–H groups in total. The van der Waals surface area contributed by atoms with Gasteiger partial charge in [0.2, 0.25) is 11.9 Å². The second-order valence-electron chi connectivity index (χ2n) is 6.26. The molecule has 0 fully saturated rings. The maximum atomic E-state index is 11.9. The molecular weight excluding hydrogens is 344 g/mol. The van der Waals surface area contributed by atoms with Crippen molar-refractivity contribution in [3.63, 3.8) is 0 Å². The first-order valence-electron chi connectivity index (χ1n) is 8.54. The first-order chi connectivity index (χ1) is 12.9. The molecule has 1 aromatic heterocycles. The van der Waals surface area contributed by atoms with Crippen molar-refractivity contribution in [3.8, 4) is 11.3 Å². The topological polar surface area (TPSA) is 104 Å². The largest absolute Gasteiger partial charge is 0.480 e. The Hall–Kier alpha value is -3.48. The summed E-state index contributed by atoms with van der Waals surface area (Å²) >= 11 is 0. The zero-order valence-corrected chi connectivity index (χ0v) is 15.1. The van der Waals surface area contributed by atoms with Gasteiger partial charge in [-0.3, -0.25) is 9.59 Å². The quantitative estimate of drug-likeness (QED) is 0.621. The van der Waals surface area contributed by atoms with E-state index in [2.05, 4.69) is 20.6 Å². The third-order valence-corrected chi connectivity index (χ3v) is 4.05. The number of carbonyl (C=O) groups is 2. The molecule has 27 heavy (non-hydrogen) atoms. The Morgan fingerprint density at radius 2 is 1.85 bits per heavy atom. The van der Waals surface area contributed by atoms with Crippen molar-refractivity contribution >= 4 is 28.7 Å². The van der Waals surface area contributed by atoms with Gasteiger partial charge in [-0.15, -0.1) is 0 Å². The number of hydrogen-bond acceptors (Lipinski definition) is 5. The zero-order valence-electron chi connectivity index (χ0n) is 15.1. The van der Waals surface area contributed by atoms with Gasteiger partial charge < -0.3 is 15.7 Å². The smallest absolute Gasteiger partial charge is 0.325 e. The van der Waals surface area contributed by atoms with Gasteiger partial charge in [-0.1, -0.05) is 42.0 Å². The Labute approximate surface area is 156 Å². The minimum Gasteiger partial charge on any atom is -0.480 e. The third kappa shape index (κ3) is 4.38. The molecule has 0 saturated heterocycles. The Morgan fingerprint density at radius 3 is 2.56 bits per heavy atom. The van der Waals surface area contributed by atoms with E-state index in [9.17, 15) is 9.59 Å². The Kier molecular flexibility index (Phi) is 5.30. The highest BCUT2D eigenvalue weighted by Gasteiger charge is 2.15. The number of benzene rings is 2. The molecule has 7 nitrogen and oxygen atoms in total. The summed E-state index contributed by atoms with van der Waals surface area (Å²) in [6.07, 6.45) is 0. The van der Waals surface area contributed by atoms with Gasteiger partial charge in [0.15, 0.2) is 0 Å². The molecule has 1 amide bonds. The molecule has 7 heteroatoms. The van der Waals surface area contributed by atoms with E-state index < -0.39 is 17.9 Å². The van der Waals surface area contributed by atoms with Crippen LogP contribution in [0.15, 0.2) is 48.5 Å². The molecule has 0 spiro atoms. The van der Waals surface area contributed by atoms with Crippen LogP contribution in [0.3, 0.4) is 0 Å². The number of rotatable bonds is 6. The summed E-state index contributed by atoms with van der Waals surface area (Å²) in [6.45, 7) is 3.29. The summed E-state index contributed by atoms with van der Waals surface area (Å²) in [5, 5.41) is 15.0. The molecule has 2 aromatic carbocycles. The Bertz CT molecular complexity index is 989. The molecule has 0 bridgehead atoms. The number of carboxylic acid groups (broad SMARTS) is 1. The van der Waals surface area contributed by atoms with E-state index >= 15 is 0 Å². The highest BCUT2D eigenvalue weighted by Crippen LogP contribution is 2.27. The minimum atomic E-state index is -1.09. The van der Waals surface area contributed by atoms with E-state index in [1.165, 1.54) is 6.92 Å². The van der Waals surface area contributed by atoms with Gasteiger partial charge in [0.05, 0.1) is 17.8 Å². The third-order valence-electron chi connectivity index (χ3n) is 4.05. The van der Waals surface area contributed by atoms with E-state index in [4.69, 9.17) is 5.11 Å². The Balaban J connectivity index is 1.90. The molecule has 138 valence electrons. The standard InChI is InChI=1S/C20H20N4O3/c1-12-8-9-16-15(10-12)18(14-6-4-3-5-7-14)24-20(23-16)21-11-17(25)22-13(2)19(26)27/h3-10,13H,11H2,1-2H3,(H,22,25)(H,26,27)(H,21,23,24). The van der Waals surface area contributed by atoms with Crippen molar-refractivity contribution < 1.29 is 14.7 Å². The molecule has 0 saturated carbocycles. The predicted molar refractivity (Wildman–Crippen MR) is 103 cm³/mol. The lowest BCUT2D eigenvalue weighted by atomic mass is 10.0. The van der Waals surface area contributed by atoms with E-state index in [1.54, 1.807) is 0 Å². The number of carboxylic acids is 1. The number of amides is 1. The van der Waals surface area contributed by atoms with Crippen LogP contribution in [0.25, 0.3) is 22.2 Å². The highest BCUT2D eigenvalue weighted by molar-refractivity contribution is 5.94. The molecule has 0 aliphatic carbocycles. The van der Waals surface area contributed by atoms with E-state index in [0.717, 1.165) is 27.7 Å². The molecule has 3 aromatic rings. The highest BCUT2D eigenvalue weighted by atomic mass is 16.4. The van der Waals surface area contributed by atoms with Crippen molar-refractivity contribution in [2.45, 2.75) is 19.9 Å². The second kappa shape index (κ2) is 7.82. The molecule has 0 aliphatic heterocycles. The number of nitrogens with zero attached hydrogens (tertiary/aromatic N) is 2. The lowest BCUT2D eigenvalue weighted by Crippen LogP contribution is -2.41. The fourth-order valence-corrected chi connectivity index (χ4v) is 2.65. The van der Waals surface area contributed by atoms with Gasteiger partial charge in [0.25, 0.3) is 0 Å². The van der Waals surface area contributed by atoms with Crippen molar-refractivity contribution in [3.05, 3.63) is 54.1 Å². The van der Waals surface area contributed by atoms with Crippen molar-refractivity contribution in [2.75, 3.05) is 11.9 Å². The molecule has 3 rings (SSSR count). The van der Waals surface area contributed by atoms with Crippen LogP contribution in [0.4, 0.5) is 5.95 Å². The lowest BCUT2D eigenvalue weighted by molar-refractivity contribution is -0.141. The monoisotopic (exact) mass is 364 g/mol. The van der Waals surface area contributed by atoms with E-state index in [0.29, 0.717) is 5.95 Å². The summed E-state index contributed by atoms with van der Waals surface area (Å²) in [6, 6.07) is 14.7. The van der Waals surface area contributed by atoms with Gasteiger partial charge in [-0.05, 0) is 26.0 Å². The number of aliphatic carboxylic acids is 1. The fourth-order valence-electron chi connectivity index (χ4n) is 2.65. The molecule has 1 unspecified atom stereocenters.